The highest BCUT2D eigenvalue weighted by atomic mass is 35.5. The van der Waals surface area contributed by atoms with Gasteiger partial charge in [0.05, 0.1) is 17.4 Å². The van der Waals surface area contributed by atoms with Crippen LogP contribution in [0.25, 0.3) is 0 Å². The molecule has 26 heavy (non-hydrogen) atoms. The maximum absolute atomic E-state index is 14.0. The van der Waals surface area contributed by atoms with Crippen molar-refractivity contribution < 1.29 is 14.0 Å². The number of hydrogen-bond acceptors (Lipinski definition) is 3. The second-order valence-corrected chi connectivity index (χ2v) is 6.69. The Kier molecular flexibility index (Phi) is 5.25. The second kappa shape index (κ2) is 7.43. The Labute approximate surface area is 156 Å². The van der Waals surface area contributed by atoms with Gasteiger partial charge in [0.1, 0.15) is 12.4 Å². The van der Waals surface area contributed by atoms with Crippen LogP contribution in [-0.4, -0.2) is 36.3 Å². The van der Waals surface area contributed by atoms with Crippen molar-refractivity contribution in [3.8, 4) is 0 Å². The SMILES string of the molecule is C[C@H](C(=O)N1CC(=O)Nc2ccccc21)N(C)Cc1c(F)cccc1Cl. The van der Waals surface area contributed by atoms with Crippen LogP contribution in [0.5, 0.6) is 0 Å². The van der Waals surface area contributed by atoms with Crippen LogP contribution in [0.1, 0.15) is 12.5 Å². The number of hydrogen-bond donors (Lipinski definition) is 1. The average molecular weight is 376 g/mol. The maximum atomic E-state index is 14.0. The predicted octanol–water partition coefficient (Wildman–Crippen LogP) is 3.28. The molecule has 1 N–H and O–H groups in total. The van der Waals surface area contributed by atoms with Gasteiger partial charge in [-0.25, -0.2) is 4.39 Å². The van der Waals surface area contributed by atoms with Gasteiger partial charge in [-0.3, -0.25) is 19.4 Å². The van der Waals surface area contributed by atoms with E-state index in [0.717, 1.165) is 0 Å². The Balaban J connectivity index is 1.80. The summed E-state index contributed by atoms with van der Waals surface area (Å²) in [6.45, 7) is 1.86. The normalized spacial score (nSPS) is 14.8. The van der Waals surface area contributed by atoms with Gasteiger partial charge in [0.2, 0.25) is 11.8 Å². The van der Waals surface area contributed by atoms with Crippen molar-refractivity contribution in [2.75, 3.05) is 23.8 Å². The third kappa shape index (κ3) is 3.57. The van der Waals surface area contributed by atoms with Gasteiger partial charge in [0.25, 0.3) is 0 Å². The number of anilines is 2. The lowest BCUT2D eigenvalue weighted by Gasteiger charge is -2.33. The van der Waals surface area contributed by atoms with Gasteiger partial charge in [0, 0.05) is 17.1 Å². The molecule has 1 atom stereocenters. The fraction of sp³-hybridized carbons (Fsp3) is 0.263. The van der Waals surface area contributed by atoms with E-state index in [1.54, 1.807) is 49.2 Å². The second-order valence-electron chi connectivity index (χ2n) is 6.28. The zero-order chi connectivity index (χ0) is 18.8. The van der Waals surface area contributed by atoms with Crippen LogP contribution in [0.4, 0.5) is 15.8 Å². The molecule has 2 aromatic rings. The number of halogens is 2. The summed E-state index contributed by atoms with van der Waals surface area (Å²) in [7, 11) is 1.72. The molecule has 0 unspecified atom stereocenters. The van der Waals surface area contributed by atoms with Crippen molar-refractivity contribution in [1.29, 1.82) is 0 Å². The highest BCUT2D eigenvalue weighted by Gasteiger charge is 2.31. The van der Waals surface area contributed by atoms with Crippen molar-refractivity contribution in [1.82, 2.24) is 4.90 Å². The summed E-state index contributed by atoms with van der Waals surface area (Å²) in [5.74, 6) is -0.891. The van der Waals surface area contributed by atoms with Crippen LogP contribution in [0.2, 0.25) is 5.02 Å². The Morgan fingerprint density at radius 1 is 1.31 bits per heavy atom. The zero-order valence-electron chi connectivity index (χ0n) is 14.5. The standard InChI is InChI=1S/C19H19ClFN3O2/c1-12(23(2)10-13-14(20)6-5-7-15(13)21)19(26)24-11-18(25)22-16-8-3-4-9-17(16)24/h3-9,12H,10-11H2,1-2H3,(H,22,25)/t12-/m1/s1. The summed E-state index contributed by atoms with van der Waals surface area (Å²) in [4.78, 5) is 28.1. The van der Waals surface area contributed by atoms with Crippen molar-refractivity contribution >= 4 is 34.8 Å². The molecule has 0 radical (unpaired) electrons. The fourth-order valence-electron chi connectivity index (χ4n) is 2.91. The topological polar surface area (TPSA) is 52.7 Å². The van der Waals surface area contributed by atoms with Gasteiger partial charge in [-0.05, 0) is 38.2 Å². The molecule has 0 aromatic heterocycles. The number of likely N-dealkylation sites (N-methyl/N-ethyl adjacent to an activating group) is 1. The molecule has 2 amide bonds. The molecule has 0 saturated carbocycles. The van der Waals surface area contributed by atoms with Crippen molar-refractivity contribution in [2.24, 2.45) is 0 Å². The first-order valence-corrected chi connectivity index (χ1v) is 8.59. The Morgan fingerprint density at radius 3 is 2.77 bits per heavy atom. The minimum Gasteiger partial charge on any atom is -0.323 e. The number of nitrogens with one attached hydrogen (secondary N) is 1. The first-order chi connectivity index (χ1) is 12.4. The number of nitrogens with zero attached hydrogens (tertiary/aromatic N) is 2. The highest BCUT2D eigenvalue weighted by molar-refractivity contribution is 6.31. The first-order valence-electron chi connectivity index (χ1n) is 8.22. The van der Waals surface area contributed by atoms with Crippen LogP contribution in [0, 0.1) is 5.82 Å². The molecule has 0 aliphatic carbocycles. The van der Waals surface area contributed by atoms with E-state index < -0.39 is 11.9 Å². The van der Waals surface area contributed by atoms with Gasteiger partial charge >= 0.3 is 0 Å². The van der Waals surface area contributed by atoms with Gasteiger partial charge in [-0.15, -0.1) is 0 Å². The summed E-state index contributed by atoms with van der Waals surface area (Å²) in [5, 5.41) is 3.07. The quantitative estimate of drug-likeness (QED) is 0.892. The fourth-order valence-corrected chi connectivity index (χ4v) is 3.14. The molecular weight excluding hydrogens is 357 g/mol. The third-order valence-corrected chi connectivity index (χ3v) is 4.88. The molecule has 5 nitrogen and oxygen atoms in total. The summed E-state index contributed by atoms with van der Waals surface area (Å²) in [6.07, 6.45) is 0. The monoisotopic (exact) mass is 375 g/mol. The van der Waals surface area contributed by atoms with E-state index in [1.165, 1.54) is 11.0 Å². The molecular formula is C19H19ClFN3O2. The Morgan fingerprint density at radius 2 is 2.04 bits per heavy atom. The molecule has 1 aliphatic rings. The minimum absolute atomic E-state index is 0.0471. The Hall–Kier alpha value is -2.44. The van der Waals surface area contributed by atoms with E-state index in [9.17, 15) is 14.0 Å². The van der Waals surface area contributed by atoms with Crippen LogP contribution >= 0.6 is 11.6 Å². The largest absolute Gasteiger partial charge is 0.323 e. The average Bonchev–Trinajstić information content (AvgIpc) is 2.62. The molecule has 1 heterocycles. The number of carbonyl (C=O) groups excluding carboxylic acids is 2. The summed E-state index contributed by atoms with van der Waals surface area (Å²) in [5.41, 5.74) is 1.60. The van der Waals surface area contributed by atoms with Crippen LogP contribution in [0.15, 0.2) is 42.5 Å². The molecule has 0 spiro atoms. The van der Waals surface area contributed by atoms with Crippen LogP contribution in [-0.2, 0) is 16.1 Å². The lowest BCUT2D eigenvalue weighted by atomic mass is 10.1. The summed E-state index contributed by atoms with van der Waals surface area (Å²) >= 11 is 6.08. The van der Waals surface area contributed by atoms with Crippen molar-refractivity contribution in [3.05, 3.63) is 58.9 Å². The summed E-state index contributed by atoms with van der Waals surface area (Å²) < 4.78 is 14.0. The zero-order valence-corrected chi connectivity index (χ0v) is 15.3. The third-order valence-electron chi connectivity index (χ3n) is 4.52. The number of amides is 2. The van der Waals surface area contributed by atoms with E-state index in [4.69, 9.17) is 11.6 Å². The number of carbonyl (C=O) groups is 2. The van der Waals surface area contributed by atoms with Crippen LogP contribution < -0.4 is 10.2 Å². The van der Waals surface area contributed by atoms with E-state index in [-0.39, 0.29) is 24.9 Å². The highest BCUT2D eigenvalue weighted by Crippen LogP contribution is 2.30. The summed E-state index contributed by atoms with van der Waals surface area (Å²) in [6, 6.07) is 11.1. The van der Waals surface area contributed by atoms with E-state index in [2.05, 4.69) is 5.32 Å². The molecule has 136 valence electrons. The van der Waals surface area contributed by atoms with Crippen molar-refractivity contribution in [2.45, 2.75) is 19.5 Å². The lowest BCUT2D eigenvalue weighted by molar-refractivity contribution is -0.125. The number of benzene rings is 2. The smallest absolute Gasteiger partial charge is 0.244 e. The molecule has 0 fully saturated rings. The van der Waals surface area contributed by atoms with Crippen molar-refractivity contribution in [3.63, 3.8) is 0 Å². The molecule has 0 bridgehead atoms. The molecule has 0 saturated heterocycles. The van der Waals surface area contributed by atoms with E-state index in [0.29, 0.717) is 22.0 Å². The number of fused-ring (bicyclic) bond motifs is 1. The van der Waals surface area contributed by atoms with Crippen LogP contribution in [0.3, 0.4) is 0 Å². The maximum Gasteiger partial charge on any atom is 0.244 e. The lowest BCUT2D eigenvalue weighted by Crippen LogP contribution is -2.50. The minimum atomic E-state index is -0.565. The number of rotatable bonds is 4. The van der Waals surface area contributed by atoms with E-state index in [1.807, 2.05) is 6.07 Å². The van der Waals surface area contributed by atoms with Gasteiger partial charge in [-0.1, -0.05) is 29.8 Å². The first kappa shape index (κ1) is 18.4. The van der Waals surface area contributed by atoms with Gasteiger partial charge in [-0.2, -0.15) is 0 Å². The van der Waals surface area contributed by atoms with Gasteiger partial charge < -0.3 is 5.32 Å². The predicted molar refractivity (Wildman–Crippen MR) is 99.8 cm³/mol. The van der Waals surface area contributed by atoms with E-state index >= 15 is 0 Å². The Bertz CT molecular complexity index is 838. The molecule has 1 aliphatic heterocycles. The molecule has 7 heteroatoms. The number of para-hydroxylation sites is 2. The molecule has 3 rings (SSSR count). The van der Waals surface area contributed by atoms with Gasteiger partial charge in [0.15, 0.2) is 0 Å². The molecule has 2 aromatic carbocycles.